The molecular weight excluding hydrogens is 383 g/mol. The van der Waals surface area contributed by atoms with Crippen LogP contribution in [0.4, 0.5) is 14.9 Å². The van der Waals surface area contributed by atoms with Crippen molar-refractivity contribution >= 4 is 17.7 Å². The number of carboxylic acid groups (broad SMARTS) is 1. The Morgan fingerprint density at radius 1 is 1.03 bits per heavy atom. The first-order chi connectivity index (χ1) is 14.4. The zero-order valence-corrected chi connectivity index (χ0v) is 17.8. The van der Waals surface area contributed by atoms with Gasteiger partial charge in [0, 0.05) is 25.7 Å². The maximum atomic E-state index is 14.4. The van der Waals surface area contributed by atoms with Gasteiger partial charge in [-0.05, 0) is 47.7 Å². The quantitative estimate of drug-likeness (QED) is 0.469. The van der Waals surface area contributed by atoms with E-state index in [4.69, 9.17) is 5.11 Å². The SMILES string of the molecule is CCCCCCCNC(=O)N(C)c1cccc(-c2ccc(CCC(=O)O)c(F)c2)c1. The lowest BCUT2D eigenvalue weighted by Crippen LogP contribution is -2.37. The molecule has 162 valence electrons. The van der Waals surface area contributed by atoms with Crippen molar-refractivity contribution in [2.45, 2.75) is 51.9 Å². The Morgan fingerprint density at radius 3 is 2.47 bits per heavy atom. The molecule has 0 fully saturated rings. The number of carbonyl (C=O) groups is 2. The number of hydrogen-bond donors (Lipinski definition) is 2. The number of carboxylic acids is 1. The topological polar surface area (TPSA) is 69.6 Å². The Bertz CT molecular complexity index is 854. The van der Waals surface area contributed by atoms with Crippen molar-refractivity contribution in [1.82, 2.24) is 5.32 Å². The number of aliphatic carboxylic acids is 1. The molecule has 0 aromatic heterocycles. The average Bonchev–Trinajstić information content (AvgIpc) is 2.74. The fraction of sp³-hybridized carbons (Fsp3) is 0.417. The van der Waals surface area contributed by atoms with E-state index in [1.165, 1.54) is 25.3 Å². The predicted molar refractivity (Wildman–Crippen MR) is 118 cm³/mol. The molecule has 0 unspecified atom stereocenters. The lowest BCUT2D eigenvalue weighted by Gasteiger charge is -2.19. The van der Waals surface area contributed by atoms with Crippen LogP contribution in [0.2, 0.25) is 0 Å². The summed E-state index contributed by atoms with van der Waals surface area (Å²) in [5.74, 6) is -1.37. The number of aryl methyl sites for hydroxylation is 1. The van der Waals surface area contributed by atoms with Crippen molar-refractivity contribution in [3.05, 3.63) is 53.8 Å². The number of nitrogens with one attached hydrogen (secondary N) is 1. The first-order valence-electron chi connectivity index (χ1n) is 10.5. The van der Waals surface area contributed by atoms with Crippen molar-refractivity contribution in [3.63, 3.8) is 0 Å². The van der Waals surface area contributed by atoms with E-state index in [2.05, 4.69) is 12.2 Å². The van der Waals surface area contributed by atoms with Crippen LogP contribution in [0.3, 0.4) is 0 Å². The molecule has 0 spiro atoms. The molecule has 0 radical (unpaired) electrons. The molecule has 0 aliphatic heterocycles. The summed E-state index contributed by atoms with van der Waals surface area (Å²) >= 11 is 0. The summed E-state index contributed by atoms with van der Waals surface area (Å²) in [6.07, 6.45) is 5.74. The van der Waals surface area contributed by atoms with Crippen molar-refractivity contribution in [2.24, 2.45) is 0 Å². The molecule has 6 heteroatoms. The lowest BCUT2D eigenvalue weighted by molar-refractivity contribution is -0.136. The third kappa shape index (κ3) is 7.17. The largest absolute Gasteiger partial charge is 0.481 e. The normalized spacial score (nSPS) is 10.6. The Hall–Kier alpha value is -2.89. The maximum Gasteiger partial charge on any atom is 0.321 e. The molecule has 0 saturated heterocycles. The summed E-state index contributed by atoms with van der Waals surface area (Å²) < 4.78 is 14.4. The van der Waals surface area contributed by atoms with Gasteiger partial charge in [-0.2, -0.15) is 0 Å². The van der Waals surface area contributed by atoms with E-state index < -0.39 is 11.8 Å². The Kier molecular flexibility index (Phi) is 9.32. The van der Waals surface area contributed by atoms with E-state index in [-0.39, 0.29) is 18.9 Å². The zero-order chi connectivity index (χ0) is 21.9. The molecule has 2 rings (SSSR count). The van der Waals surface area contributed by atoms with E-state index in [1.807, 2.05) is 24.3 Å². The summed E-state index contributed by atoms with van der Waals surface area (Å²) in [5.41, 5.74) is 2.56. The van der Waals surface area contributed by atoms with Gasteiger partial charge in [0.1, 0.15) is 5.82 Å². The van der Waals surface area contributed by atoms with E-state index >= 15 is 0 Å². The molecule has 30 heavy (non-hydrogen) atoms. The minimum absolute atomic E-state index is 0.107. The average molecular weight is 415 g/mol. The van der Waals surface area contributed by atoms with Gasteiger partial charge in [0.15, 0.2) is 0 Å². The highest BCUT2D eigenvalue weighted by atomic mass is 19.1. The minimum atomic E-state index is -0.951. The van der Waals surface area contributed by atoms with Gasteiger partial charge >= 0.3 is 12.0 Å². The fourth-order valence-corrected chi connectivity index (χ4v) is 3.23. The highest BCUT2D eigenvalue weighted by Gasteiger charge is 2.12. The molecule has 0 saturated carbocycles. The van der Waals surface area contributed by atoms with Crippen LogP contribution < -0.4 is 10.2 Å². The highest BCUT2D eigenvalue weighted by molar-refractivity contribution is 5.92. The molecule has 0 bridgehead atoms. The van der Waals surface area contributed by atoms with E-state index in [1.54, 1.807) is 24.1 Å². The molecule has 0 atom stereocenters. The van der Waals surface area contributed by atoms with Crippen LogP contribution >= 0.6 is 0 Å². The minimum Gasteiger partial charge on any atom is -0.481 e. The summed E-state index contributed by atoms with van der Waals surface area (Å²) in [6, 6.07) is 12.0. The molecule has 2 aromatic carbocycles. The predicted octanol–water partition coefficient (Wildman–Crippen LogP) is 5.63. The number of urea groups is 1. The summed E-state index contributed by atoms with van der Waals surface area (Å²) in [6.45, 7) is 2.82. The molecule has 5 nitrogen and oxygen atoms in total. The standard InChI is InChI=1S/C24H31FN2O3/c1-3-4-5-6-7-15-26-24(30)27(2)21-10-8-9-19(16-21)20-12-11-18(22(25)17-20)13-14-23(28)29/h8-12,16-17H,3-7,13-15H2,1-2H3,(H,26,30)(H,28,29). The van der Waals surface area contributed by atoms with Gasteiger partial charge < -0.3 is 10.4 Å². The Morgan fingerprint density at radius 2 is 1.77 bits per heavy atom. The van der Waals surface area contributed by atoms with Crippen LogP contribution in [0.25, 0.3) is 11.1 Å². The molecular formula is C24H31FN2O3. The second-order valence-electron chi connectivity index (χ2n) is 7.46. The number of hydrogen-bond acceptors (Lipinski definition) is 2. The van der Waals surface area contributed by atoms with Crippen LogP contribution in [-0.2, 0) is 11.2 Å². The molecule has 2 aromatic rings. The first kappa shape index (κ1) is 23.4. The number of anilines is 1. The van der Waals surface area contributed by atoms with Crippen LogP contribution in [-0.4, -0.2) is 30.7 Å². The second-order valence-corrected chi connectivity index (χ2v) is 7.46. The van der Waals surface area contributed by atoms with Crippen molar-refractivity contribution in [1.29, 1.82) is 0 Å². The molecule has 0 aliphatic carbocycles. The van der Waals surface area contributed by atoms with Gasteiger partial charge in [0.2, 0.25) is 0 Å². The first-order valence-corrected chi connectivity index (χ1v) is 10.5. The monoisotopic (exact) mass is 414 g/mol. The number of amides is 2. The summed E-state index contributed by atoms with van der Waals surface area (Å²) in [7, 11) is 1.71. The molecule has 2 N–H and O–H groups in total. The number of benzene rings is 2. The van der Waals surface area contributed by atoms with E-state index in [0.717, 1.165) is 18.4 Å². The van der Waals surface area contributed by atoms with Crippen molar-refractivity contribution in [3.8, 4) is 11.1 Å². The number of unbranched alkanes of at least 4 members (excludes halogenated alkanes) is 4. The van der Waals surface area contributed by atoms with E-state index in [0.29, 0.717) is 23.4 Å². The maximum absolute atomic E-state index is 14.4. The van der Waals surface area contributed by atoms with Gasteiger partial charge in [-0.15, -0.1) is 0 Å². The van der Waals surface area contributed by atoms with Gasteiger partial charge in [-0.25, -0.2) is 9.18 Å². The highest BCUT2D eigenvalue weighted by Crippen LogP contribution is 2.26. The Labute approximate surface area is 177 Å². The molecule has 0 heterocycles. The number of halogens is 1. The van der Waals surface area contributed by atoms with Gasteiger partial charge in [0.05, 0.1) is 0 Å². The van der Waals surface area contributed by atoms with Crippen LogP contribution in [0.1, 0.15) is 51.0 Å². The zero-order valence-electron chi connectivity index (χ0n) is 17.8. The van der Waals surface area contributed by atoms with Gasteiger partial charge in [-0.1, -0.05) is 56.9 Å². The van der Waals surface area contributed by atoms with Crippen LogP contribution in [0, 0.1) is 5.82 Å². The summed E-state index contributed by atoms with van der Waals surface area (Å²) in [4.78, 5) is 24.7. The molecule has 2 amide bonds. The second kappa shape index (κ2) is 12.0. The third-order valence-corrected chi connectivity index (χ3v) is 5.09. The van der Waals surface area contributed by atoms with Crippen LogP contribution in [0.15, 0.2) is 42.5 Å². The number of carbonyl (C=O) groups excluding carboxylic acids is 1. The summed E-state index contributed by atoms with van der Waals surface area (Å²) in [5, 5.41) is 11.7. The van der Waals surface area contributed by atoms with Crippen LogP contribution in [0.5, 0.6) is 0 Å². The number of nitrogens with zero attached hydrogens (tertiary/aromatic N) is 1. The van der Waals surface area contributed by atoms with Gasteiger partial charge in [0.25, 0.3) is 0 Å². The van der Waals surface area contributed by atoms with Gasteiger partial charge in [-0.3, -0.25) is 9.69 Å². The third-order valence-electron chi connectivity index (χ3n) is 5.09. The van der Waals surface area contributed by atoms with Crippen molar-refractivity contribution in [2.75, 3.05) is 18.5 Å². The fourth-order valence-electron chi connectivity index (χ4n) is 3.23. The smallest absolute Gasteiger partial charge is 0.321 e. The Balaban J connectivity index is 2.00. The number of rotatable bonds is 11. The van der Waals surface area contributed by atoms with E-state index in [9.17, 15) is 14.0 Å². The molecule has 0 aliphatic rings. The lowest BCUT2D eigenvalue weighted by atomic mass is 10.0. The van der Waals surface area contributed by atoms with Crippen molar-refractivity contribution < 1.29 is 19.1 Å².